The summed E-state index contributed by atoms with van der Waals surface area (Å²) in [5.41, 5.74) is 1.45. The highest BCUT2D eigenvalue weighted by Gasteiger charge is 2.30. The van der Waals surface area contributed by atoms with Gasteiger partial charge in [0.25, 0.3) is 5.91 Å². The van der Waals surface area contributed by atoms with Crippen LogP contribution in [0.25, 0.3) is 0 Å². The Morgan fingerprint density at radius 1 is 1.04 bits per heavy atom. The van der Waals surface area contributed by atoms with E-state index >= 15 is 0 Å². The van der Waals surface area contributed by atoms with Crippen LogP contribution in [-0.4, -0.2) is 30.3 Å². The molecule has 0 aliphatic carbocycles. The van der Waals surface area contributed by atoms with Crippen LogP contribution in [0, 0.1) is 0 Å². The van der Waals surface area contributed by atoms with Gasteiger partial charge < -0.3 is 10.1 Å². The Kier molecular flexibility index (Phi) is 6.06. The first-order valence-electron chi connectivity index (χ1n) is 8.58. The van der Waals surface area contributed by atoms with E-state index in [0.717, 1.165) is 10.5 Å². The third kappa shape index (κ3) is 4.75. The summed E-state index contributed by atoms with van der Waals surface area (Å²) in [5, 5.41) is 3.20. The van der Waals surface area contributed by atoms with E-state index in [1.165, 1.54) is 24.3 Å². The summed E-state index contributed by atoms with van der Waals surface area (Å²) in [5.74, 6) is -1.66. The molecule has 1 N–H and O–H groups in total. The molecule has 7 nitrogen and oxygen atoms in total. The second-order valence-electron chi connectivity index (χ2n) is 6.15. The van der Waals surface area contributed by atoms with Gasteiger partial charge in [-0.3, -0.25) is 19.3 Å². The van der Waals surface area contributed by atoms with Crippen molar-refractivity contribution < 1.29 is 23.9 Å². The van der Waals surface area contributed by atoms with Crippen LogP contribution in [0.2, 0.25) is 5.02 Å². The molecule has 0 aromatic heterocycles. The smallest absolute Gasteiger partial charge is 0.338 e. The minimum atomic E-state index is -0.677. The molecular weight excluding hydrogens is 384 g/mol. The van der Waals surface area contributed by atoms with Crippen LogP contribution >= 0.6 is 11.6 Å². The van der Waals surface area contributed by atoms with E-state index in [1.54, 1.807) is 18.2 Å². The number of esters is 1. The highest BCUT2D eigenvalue weighted by Crippen LogP contribution is 2.22. The fraction of sp³-hybridized carbons (Fsp3) is 0.200. The van der Waals surface area contributed by atoms with Crippen molar-refractivity contribution in [1.82, 2.24) is 5.32 Å². The molecule has 0 bridgehead atoms. The number of rotatable bonds is 6. The molecule has 1 aliphatic rings. The Morgan fingerprint density at radius 2 is 1.71 bits per heavy atom. The van der Waals surface area contributed by atoms with Gasteiger partial charge in [-0.1, -0.05) is 23.7 Å². The summed E-state index contributed by atoms with van der Waals surface area (Å²) in [6.45, 7) is -0.159. The lowest BCUT2D eigenvalue weighted by atomic mass is 10.2. The molecule has 0 saturated carbocycles. The molecule has 1 fully saturated rings. The molecule has 0 unspecified atom stereocenters. The fourth-order valence-corrected chi connectivity index (χ4v) is 2.94. The van der Waals surface area contributed by atoms with Crippen molar-refractivity contribution in [3.05, 3.63) is 64.7 Å². The van der Waals surface area contributed by atoms with Crippen molar-refractivity contribution in [3.8, 4) is 0 Å². The van der Waals surface area contributed by atoms with Crippen LogP contribution in [-0.2, 0) is 25.7 Å². The largest absolute Gasteiger partial charge is 0.452 e. The van der Waals surface area contributed by atoms with E-state index in [-0.39, 0.29) is 36.8 Å². The Morgan fingerprint density at radius 3 is 2.36 bits per heavy atom. The van der Waals surface area contributed by atoms with E-state index in [2.05, 4.69) is 5.32 Å². The molecule has 3 rings (SSSR count). The van der Waals surface area contributed by atoms with E-state index in [4.69, 9.17) is 16.3 Å². The van der Waals surface area contributed by atoms with Crippen LogP contribution in [0.3, 0.4) is 0 Å². The first kappa shape index (κ1) is 19.6. The van der Waals surface area contributed by atoms with Crippen LogP contribution in [0.5, 0.6) is 0 Å². The zero-order valence-corrected chi connectivity index (χ0v) is 15.6. The molecule has 0 spiro atoms. The zero-order chi connectivity index (χ0) is 20.1. The standard InChI is InChI=1S/C20H17ClN2O5/c21-15-3-1-2-13(10-15)11-22-17(24)12-28-20(27)14-4-6-16(7-5-14)23-18(25)8-9-19(23)26/h1-7,10H,8-9,11-12H2,(H,22,24). The van der Waals surface area contributed by atoms with Gasteiger partial charge in [0, 0.05) is 24.4 Å². The number of nitrogens with zero attached hydrogens (tertiary/aromatic N) is 1. The van der Waals surface area contributed by atoms with Gasteiger partial charge in [-0.15, -0.1) is 0 Å². The second-order valence-corrected chi connectivity index (χ2v) is 6.59. The molecule has 1 heterocycles. The van der Waals surface area contributed by atoms with Gasteiger partial charge in [-0.05, 0) is 42.0 Å². The highest BCUT2D eigenvalue weighted by molar-refractivity contribution is 6.30. The number of anilines is 1. The molecule has 3 amide bonds. The van der Waals surface area contributed by atoms with Gasteiger partial charge in [0.05, 0.1) is 11.3 Å². The minimum absolute atomic E-state index is 0.187. The van der Waals surface area contributed by atoms with Gasteiger partial charge in [0.15, 0.2) is 6.61 Å². The quantitative estimate of drug-likeness (QED) is 0.594. The van der Waals surface area contributed by atoms with Crippen LogP contribution in [0.15, 0.2) is 48.5 Å². The van der Waals surface area contributed by atoms with Crippen molar-refractivity contribution in [2.45, 2.75) is 19.4 Å². The number of benzene rings is 2. The fourth-order valence-electron chi connectivity index (χ4n) is 2.72. The molecule has 28 heavy (non-hydrogen) atoms. The minimum Gasteiger partial charge on any atom is -0.452 e. The molecule has 1 saturated heterocycles. The Bertz CT molecular complexity index is 910. The maximum atomic E-state index is 12.1. The number of amides is 3. The number of hydrogen-bond acceptors (Lipinski definition) is 5. The van der Waals surface area contributed by atoms with Gasteiger partial charge >= 0.3 is 5.97 Å². The lowest BCUT2D eigenvalue weighted by Crippen LogP contribution is -2.29. The second kappa shape index (κ2) is 8.67. The third-order valence-corrected chi connectivity index (χ3v) is 4.36. The van der Waals surface area contributed by atoms with E-state index in [0.29, 0.717) is 10.7 Å². The number of hydrogen-bond donors (Lipinski definition) is 1. The highest BCUT2D eigenvalue weighted by atomic mass is 35.5. The zero-order valence-electron chi connectivity index (χ0n) is 14.8. The summed E-state index contributed by atoms with van der Waals surface area (Å²) in [6, 6.07) is 12.9. The number of carbonyl (C=O) groups excluding carboxylic acids is 4. The summed E-state index contributed by atoms with van der Waals surface area (Å²) in [4.78, 5) is 48.4. The molecule has 2 aromatic carbocycles. The van der Waals surface area contributed by atoms with Gasteiger partial charge in [-0.25, -0.2) is 4.79 Å². The average Bonchev–Trinajstić information content (AvgIpc) is 3.03. The summed E-state index contributed by atoms with van der Waals surface area (Å²) < 4.78 is 4.99. The molecule has 144 valence electrons. The lowest BCUT2D eigenvalue weighted by molar-refractivity contribution is -0.124. The Labute approximate surface area is 166 Å². The van der Waals surface area contributed by atoms with E-state index in [1.807, 2.05) is 6.07 Å². The molecule has 8 heteroatoms. The predicted octanol–water partition coefficient (Wildman–Crippen LogP) is 2.47. The first-order valence-corrected chi connectivity index (χ1v) is 8.96. The van der Waals surface area contributed by atoms with Crippen molar-refractivity contribution in [3.63, 3.8) is 0 Å². The Hall–Kier alpha value is -3.19. The molecular formula is C20H17ClN2O5. The molecule has 0 atom stereocenters. The number of ether oxygens (including phenoxy) is 1. The monoisotopic (exact) mass is 400 g/mol. The van der Waals surface area contributed by atoms with Gasteiger partial charge in [0.1, 0.15) is 0 Å². The van der Waals surface area contributed by atoms with Crippen molar-refractivity contribution in [2.24, 2.45) is 0 Å². The van der Waals surface area contributed by atoms with Crippen molar-refractivity contribution in [1.29, 1.82) is 0 Å². The Balaban J connectivity index is 1.50. The van der Waals surface area contributed by atoms with Crippen molar-refractivity contribution in [2.75, 3.05) is 11.5 Å². The van der Waals surface area contributed by atoms with Gasteiger partial charge in [0.2, 0.25) is 11.8 Å². The third-order valence-electron chi connectivity index (χ3n) is 4.13. The normalized spacial score (nSPS) is 13.5. The maximum absolute atomic E-state index is 12.1. The number of nitrogens with one attached hydrogen (secondary N) is 1. The molecule has 0 radical (unpaired) electrons. The lowest BCUT2D eigenvalue weighted by Gasteiger charge is -2.14. The van der Waals surface area contributed by atoms with Crippen molar-refractivity contribution >= 4 is 41.0 Å². The maximum Gasteiger partial charge on any atom is 0.338 e. The summed E-state index contributed by atoms with van der Waals surface area (Å²) in [7, 11) is 0. The predicted molar refractivity (Wildman–Crippen MR) is 102 cm³/mol. The number of imide groups is 1. The molecule has 1 aliphatic heterocycles. The van der Waals surface area contributed by atoms with E-state index < -0.39 is 18.5 Å². The average molecular weight is 401 g/mol. The van der Waals surface area contributed by atoms with Crippen LogP contribution < -0.4 is 10.2 Å². The number of halogens is 1. The van der Waals surface area contributed by atoms with Crippen LogP contribution in [0.4, 0.5) is 5.69 Å². The summed E-state index contributed by atoms with van der Waals surface area (Å²) >= 11 is 5.88. The first-order chi connectivity index (χ1) is 13.4. The van der Waals surface area contributed by atoms with Gasteiger partial charge in [-0.2, -0.15) is 0 Å². The number of carbonyl (C=O) groups is 4. The molecule has 2 aromatic rings. The van der Waals surface area contributed by atoms with E-state index in [9.17, 15) is 19.2 Å². The SMILES string of the molecule is O=C(COC(=O)c1ccc(N2C(=O)CCC2=O)cc1)NCc1cccc(Cl)c1. The summed E-state index contributed by atoms with van der Waals surface area (Å²) in [6.07, 6.45) is 0.375. The van der Waals surface area contributed by atoms with Crippen LogP contribution in [0.1, 0.15) is 28.8 Å². The topological polar surface area (TPSA) is 92.8 Å².